The van der Waals surface area contributed by atoms with Crippen LogP contribution in [0.4, 0.5) is 5.69 Å². The molecule has 0 fully saturated rings. The van der Waals surface area contributed by atoms with Crippen molar-refractivity contribution in [2.24, 2.45) is 0 Å². The van der Waals surface area contributed by atoms with Crippen molar-refractivity contribution < 1.29 is 4.79 Å². The molecule has 0 aliphatic rings. The highest BCUT2D eigenvalue weighted by atomic mass is 127. The van der Waals surface area contributed by atoms with Gasteiger partial charge in [0.1, 0.15) is 0 Å². The van der Waals surface area contributed by atoms with Crippen molar-refractivity contribution >= 4 is 73.3 Å². The average molecular weight is 471 g/mol. The highest BCUT2D eigenvalue weighted by molar-refractivity contribution is 14.1. The van der Waals surface area contributed by atoms with Crippen LogP contribution in [-0.4, -0.2) is 5.91 Å². The van der Waals surface area contributed by atoms with Gasteiger partial charge in [0.25, 0.3) is 5.91 Å². The van der Waals surface area contributed by atoms with Gasteiger partial charge < -0.3 is 5.32 Å². The number of amides is 1. The molecule has 1 N–H and O–H groups in total. The first-order valence-corrected chi connectivity index (χ1v) is 7.81. The van der Waals surface area contributed by atoms with Gasteiger partial charge in [0, 0.05) is 18.8 Å². The Balaban J connectivity index is 2.23. The second kappa shape index (κ2) is 6.43. The molecule has 0 bridgehead atoms. The van der Waals surface area contributed by atoms with Gasteiger partial charge in [-0.1, -0.05) is 23.2 Å². The summed E-state index contributed by atoms with van der Waals surface area (Å²) in [5, 5.41) is 3.62. The van der Waals surface area contributed by atoms with Crippen LogP contribution in [0, 0.1) is 3.57 Å². The molecule has 0 heterocycles. The average Bonchev–Trinajstić information content (AvgIpc) is 2.33. The molecule has 2 aromatic rings. The molecule has 0 atom stereocenters. The molecule has 1 amide bonds. The molecule has 98 valence electrons. The Morgan fingerprint density at radius 3 is 2.53 bits per heavy atom. The third-order valence-electron chi connectivity index (χ3n) is 2.35. The largest absolute Gasteiger partial charge is 0.322 e. The summed E-state index contributed by atoms with van der Waals surface area (Å²) in [6, 6.07) is 10.3. The van der Waals surface area contributed by atoms with E-state index < -0.39 is 0 Å². The first-order chi connectivity index (χ1) is 8.97. The molecule has 0 aliphatic heterocycles. The van der Waals surface area contributed by atoms with E-state index in [1.54, 1.807) is 18.2 Å². The number of anilines is 1. The van der Waals surface area contributed by atoms with E-state index in [1.165, 1.54) is 0 Å². The Kier molecular flexibility index (Phi) is 5.11. The summed E-state index contributed by atoms with van der Waals surface area (Å²) < 4.78 is 1.99. The zero-order valence-corrected chi connectivity index (χ0v) is 14.6. The van der Waals surface area contributed by atoms with E-state index in [0.717, 1.165) is 8.04 Å². The van der Waals surface area contributed by atoms with Gasteiger partial charge in [-0.25, -0.2) is 0 Å². The molecule has 0 radical (unpaired) electrons. The van der Waals surface area contributed by atoms with Crippen molar-refractivity contribution in [2.75, 3.05) is 5.32 Å². The number of halogens is 4. The predicted octanol–water partition coefficient (Wildman–Crippen LogP) is 5.61. The summed E-state index contributed by atoms with van der Waals surface area (Å²) >= 11 is 17.4. The lowest BCUT2D eigenvalue weighted by Crippen LogP contribution is -2.12. The molecule has 19 heavy (non-hydrogen) atoms. The van der Waals surface area contributed by atoms with Gasteiger partial charge in [0.2, 0.25) is 0 Å². The zero-order chi connectivity index (χ0) is 14.0. The Bertz CT molecular complexity index is 649. The third-order valence-corrected chi connectivity index (χ3v) is 5.23. The van der Waals surface area contributed by atoms with Gasteiger partial charge >= 0.3 is 0 Å². The van der Waals surface area contributed by atoms with Crippen LogP contribution in [-0.2, 0) is 0 Å². The summed E-state index contributed by atoms with van der Waals surface area (Å²) in [4.78, 5) is 12.1. The predicted molar refractivity (Wildman–Crippen MR) is 91.3 cm³/mol. The van der Waals surface area contributed by atoms with Crippen LogP contribution in [0.2, 0.25) is 10.0 Å². The van der Waals surface area contributed by atoms with Gasteiger partial charge in [0.05, 0.1) is 10.6 Å². The zero-order valence-electron chi connectivity index (χ0n) is 9.38. The highest BCUT2D eigenvalue weighted by Crippen LogP contribution is 2.25. The lowest BCUT2D eigenvalue weighted by Gasteiger charge is -2.08. The fraction of sp³-hybridized carbons (Fsp3) is 0. The van der Waals surface area contributed by atoms with Gasteiger partial charge in [-0.05, 0) is 74.9 Å². The lowest BCUT2D eigenvalue weighted by atomic mass is 10.2. The minimum atomic E-state index is -0.264. The summed E-state index contributed by atoms with van der Waals surface area (Å²) in [5.74, 6) is -0.264. The number of carbonyl (C=O) groups is 1. The molecule has 0 saturated carbocycles. The molecule has 0 aliphatic carbocycles. The Hall–Kier alpha value is -0.300. The fourth-order valence-electron chi connectivity index (χ4n) is 1.45. The number of rotatable bonds is 2. The van der Waals surface area contributed by atoms with Crippen LogP contribution >= 0.6 is 61.7 Å². The van der Waals surface area contributed by atoms with E-state index in [-0.39, 0.29) is 5.91 Å². The van der Waals surface area contributed by atoms with Crippen LogP contribution in [0.15, 0.2) is 40.9 Å². The second-order valence-corrected chi connectivity index (χ2v) is 6.57. The molecule has 0 aromatic heterocycles. The second-order valence-electron chi connectivity index (χ2n) is 3.71. The van der Waals surface area contributed by atoms with Gasteiger partial charge in [-0.2, -0.15) is 0 Å². The van der Waals surface area contributed by atoms with Crippen LogP contribution < -0.4 is 5.32 Å². The normalized spacial score (nSPS) is 10.3. The van der Waals surface area contributed by atoms with Crippen LogP contribution in [0.25, 0.3) is 0 Å². The first kappa shape index (κ1) is 15.1. The minimum Gasteiger partial charge on any atom is -0.322 e. The summed E-state index contributed by atoms with van der Waals surface area (Å²) in [5.41, 5.74) is 1.10. The van der Waals surface area contributed by atoms with Crippen molar-refractivity contribution in [3.05, 3.63) is 60.0 Å². The van der Waals surface area contributed by atoms with E-state index in [1.807, 2.05) is 18.2 Å². The third kappa shape index (κ3) is 3.84. The number of hydrogen-bond donors (Lipinski definition) is 1. The van der Waals surface area contributed by atoms with Crippen LogP contribution in [0.1, 0.15) is 10.4 Å². The van der Waals surface area contributed by atoms with Crippen molar-refractivity contribution in [1.29, 1.82) is 0 Å². The Morgan fingerprint density at radius 2 is 1.89 bits per heavy atom. The molecule has 6 heteroatoms. The van der Waals surface area contributed by atoms with E-state index in [0.29, 0.717) is 21.3 Å². The molecule has 2 nitrogen and oxygen atoms in total. The fourth-order valence-corrected chi connectivity index (χ4v) is 2.70. The molecule has 0 spiro atoms. The van der Waals surface area contributed by atoms with Crippen molar-refractivity contribution in [3.63, 3.8) is 0 Å². The standard InChI is InChI=1S/C13H7BrCl2INO/c14-10-4-2-8(6-12(10)17)18-13(19)9-3-1-7(15)5-11(9)16/h1-6H,(H,18,19). The van der Waals surface area contributed by atoms with Crippen molar-refractivity contribution in [2.45, 2.75) is 0 Å². The number of benzene rings is 2. The minimum absolute atomic E-state index is 0.264. The van der Waals surface area contributed by atoms with Crippen molar-refractivity contribution in [3.8, 4) is 0 Å². The highest BCUT2D eigenvalue weighted by Gasteiger charge is 2.11. The number of hydrogen-bond acceptors (Lipinski definition) is 1. The summed E-state index contributed by atoms with van der Waals surface area (Å²) in [6.07, 6.45) is 0. The Labute approximate surface area is 142 Å². The van der Waals surface area contributed by atoms with Crippen LogP contribution in [0.3, 0.4) is 0 Å². The van der Waals surface area contributed by atoms with E-state index in [9.17, 15) is 4.79 Å². The van der Waals surface area contributed by atoms with E-state index in [4.69, 9.17) is 23.2 Å². The maximum absolute atomic E-state index is 12.1. The maximum Gasteiger partial charge on any atom is 0.257 e. The number of nitrogens with one attached hydrogen (secondary N) is 1. The van der Waals surface area contributed by atoms with Gasteiger partial charge in [0.15, 0.2) is 0 Å². The van der Waals surface area contributed by atoms with Gasteiger partial charge in [-0.3, -0.25) is 4.79 Å². The molecule has 2 aromatic carbocycles. The van der Waals surface area contributed by atoms with E-state index in [2.05, 4.69) is 43.8 Å². The first-order valence-electron chi connectivity index (χ1n) is 5.19. The van der Waals surface area contributed by atoms with Gasteiger partial charge in [-0.15, -0.1) is 0 Å². The summed E-state index contributed by atoms with van der Waals surface area (Å²) in [6.45, 7) is 0. The molecule has 2 rings (SSSR count). The molecular formula is C13H7BrCl2INO. The van der Waals surface area contributed by atoms with Crippen LogP contribution in [0.5, 0.6) is 0 Å². The maximum atomic E-state index is 12.1. The topological polar surface area (TPSA) is 29.1 Å². The SMILES string of the molecule is O=C(Nc1ccc(Br)c(I)c1)c1ccc(Cl)cc1Cl. The summed E-state index contributed by atoms with van der Waals surface area (Å²) in [7, 11) is 0. The molecule has 0 unspecified atom stereocenters. The molecule has 0 saturated heterocycles. The smallest absolute Gasteiger partial charge is 0.257 e. The van der Waals surface area contributed by atoms with E-state index >= 15 is 0 Å². The number of carbonyl (C=O) groups excluding carboxylic acids is 1. The monoisotopic (exact) mass is 469 g/mol. The Morgan fingerprint density at radius 1 is 1.16 bits per heavy atom. The van der Waals surface area contributed by atoms with Crippen molar-refractivity contribution in [1.82, 2.24) is 0 Å². The molecular weight excluding hydrogens is 464 g/mol. The lowest BCUT2D eigenvalue weighted by molar-refractivity contribution is 0.102. The quantitative estimate of drug-likeness (QED) is 0.568.